The predicted molar refractivity (Wildman–Crippen MR) is 70.2 cm³/mol. The number of thioether (sulfide) groups is 1. The number of benzene rings is 1. The van der Waals surface area contributed by atoms with Crippen molar-refractivity contribution in [2.75, 3.05) is 14.1 Å². The van der Waals surface area contributed by atoms with Crippen LogP contribution in [0.4, 0.5) is 5.69 Å². The molecule has 0 saturated carbocycles. The maximum Gasteiger partial charge on any atom is 0.270 e. The van der Waals surface area contributed by atoms with Gasteiger partial charge < -0.3 is 4.90 Å². The van der Waals surface area contributed by atoms with Crippen molar-refractivity contribution in [3.05, 3.63) is 33.3 Å². The van der Waals surface area contributed by atoms with Crippen molar-refractivity contribution < 1.29 is 4.92 Å². The first-order chi connectivity index (χ1) is 7.41. The molecule has 0 radical (unpaired) electrons. The number of nitro benzene ring substituents is 1. The van der Waals surface area contributed by atoms with Gasteiger partial charge in [-0.3, -0.25) is 10.1 Å². The van der Waals surface area contributed by atoms with Crippen LogP contribution in [-0.4, -0.2) is 28.2 Å². The van der Waals surface area contributed by atoms with Gasteiger partial charge in [-0.1, -0.05) is 35.6 Å². The van der Waals surface area contributed by atoms with Crippen LogP contribution in [-0.2, 0) is 0 Å². The highest BCUT2D eigenvalue weighted by Gasteiger charge is 2.11. The molecule has 0 amide bonds. The molecule has 0 bridgehead atoms. The van der Waals surface area contributed by atoms with Crippen molar-refractivity contribution in [3.8, 4) is 0 Å². The van der Waals surface area contributed by atoms with Gasteiger partial charge in [0.15, 0.2) is 0 Å². The summed E-state index contributed by atoms with van der Waals surface area (Å²) in [6, 6.07) is 4.33. The van der Waals surface area contributed by atoms with Gasteiger partial charge in [0.05, 0.1) is 9.95 Å². The number of nitro groups is 1. The molecule has 1 rings (SSSR count). The molecule has 4 nitrogen and oxygen atoms in total. The van der Waals surface area contributed by atoms with Crippen molar-refractivity contribution in [1.29, 1.82) is 0 Å². The van der Waals surface area contributed by atoms with E-state index in [1.54, 1.807) is 11.0 Å². The second-order valence-corrected chi connectivity index (χ2v) is 5.22. The molecule has 86 valence electrons. The zero-order valence-corrected chi connectivity index (χ0v) is 11.0. The summed E-state index contributed by atoms with van der Waals surface area (Å²) in [7, 11) is 3.66. The van der Waals surface area contributed by atoms with Crippen LogP contribution in [0, 0.1) is 10.1 Å². The van der Waals surface area contributed by atoms with Gasteiger partial charge in [0.1, 0.15) is 4.32 Å². The molecule has 1 aromatic rings. The lowest BCUT2D eigenvalue weighted by atomic mass is 10.3. The standard InChI is InChI=1S/C9H9ClN2O2S2/c1-11(2)9(15)16-8-4-3-6(12(13)14)5-7(8)10/h3-5H,1-2H3. The molecule has 7 heteroatoms. The maximum absolute atomic E-state index is 10.5. The number of thiocarbonyl (C=S) groups is 1. The van der Waals surface area contributed by atoms with E-state index in [1.807, 2.05) is 14.1 Å². The van der Waals surface area contributed by atoms with E-state index < -0.39 is 4.92 Å². The topological polar surface area (TPSA) is 46.4 Å². The van der Waals surface area contributed by atoms with Gasteiger partial charge in [0.25, 0.3) is 5.69 Å². The number of rotatable bonds is 2. The number of halogens is 1. The molecule has 0 unspecified atom stereocenters. The van der Waals surface area contributed by atoms with Gasteiger partial charge >= 0.3 is 0 Å². The average Bonchev–Trinajstić information content (AvgIpc) is 2.20. The zero-order valence-electron chi connectivity index (χ0n) is 8.64. The molecule has 0 aliphatic rings. The van der Waals surface area contributed by atoms with E-state index in [0.29, 0.717) is 14.2 Å². The third-order valence-electron chi connectivity index (χ3n) is 1.69. The Morgan fingerprint density at radius 2 is 2.19 bits per heavy atom. The molecule has 1 aromatic carbocycles. The molecule has 0 aliphatic heterocycles. The first-order valence-corrected chi connectivity index (χ1v) is 5.85. The Kier molecular flexibility index (Phi) is 4.52. The normalized spacial score (nSPS) is 9.94. The molecule has 0 atom stereocenters. The van der Waals surface area contributed by atoms with Crippen LogP contribution >= 0.6 is 35.6 Å². The summed E-state index contributed by atoms with van der Waals surface area (Å²) in [6.07, 6.45) is 0. The molecule has 16 heavy (non-hydrogen) atoms. The lowest BCUT2D eigenvalue weighted by molar-refractivity contribution is -0.384. The zero-order chi connectivity index (χ0) is 12.3. The fraction of sp³-hybridized carbons (Fsp3) is 0.222. The molecular weight excluding hydrogens is 268 g/mol. The Hall–Kier alpha value is -0.850. The van der Waals surface area contributed by atoms with Crippen molar-refractivity contribution in [3.63, 3.8) is 0 Å². The van der Waals surface area contributed by atoms with Crippen LogP contribution in [0.5, 0.6) is 0 Å². The molecule has 0 N–H and O–H groups in total. The van der Waals surface area contributed by atoms with Crippen LogP contribution in [0.2, 0.25) is 5.02 Å². The first kappa shape index (κ1) is 13.2. The molecule has 0 aromatic heterocycles. The third-order valence-corrected chi connectivity index (χ3v) is 3.84. The van der Waals surface area contributed by atoms with Crippen molar-refractivity contribution >= 4 is 45.6 Å². The highest BCUT2D eigenvalue weighted by molar-refractivity contribution is 8.23. The summed E-state index contributed by atoms with van der Waals surface area (Å²) >= 11 is 12.3. The summed E-state index contributed by atoms with van der Waals surface area (Å²) in [4.78, 5) is 12.5. The van der Waals surface area contributed by atoms with Gasteiger partial charge in [-0.05, 0) is 6.07 Å². The summed E-state index contributed by atoms with van der Waals surface area (Å²) in [6.45, 7) is 0. The number of nitrogens with zero attached hydrogens (tertiary/aromatic N) is 2. The molecule has 0 aliphatic carbocycles. The Morgan fingerprint density at radius 1 is 1.56 bits per heavy atom. The highest BCUT2D eigenvalue weighted by Crippen LogP contribution is 2.31. The highest BCUT2D eigenvalue weighted by atomic mass is 35.5. The SMILES string of the molecule is CN(C)C(=S)Sc1ccc([N+](=O)[O-])cc1Cl. The molecule has 0 heterocycles. The van der Waals surface area contributed by atoms with Gasteiger partial charge in [-0.15, -0.1) is 0 Å². The van der Waals surface area contributed by atoms with Crippen LogP contribution in [0.3, 0.4) is 0 Å². The van der Waals surface area contributed by atoms with Crippen LogP contribution in [0.25, 0.3) is 0 Å². The van der Waals surface area contributed by atoms with Gasteiger partial charge in [0.2, 0.25) is 0 Å². The number of hydrogen-bond acceptors (Lipinski definition) is 4. The summed E-state index contributed by atoms with van der Waals surface area (Å²) in [5.74, 6) is 0. The quantitative estimate of drug-likeness (QED) is 0.359. The van der Waals surface area contributed by atoms with Crippen molar-refractivity contribution in [2.45, 2.75) is 4.90 Å². The fourth-order valence-corrected chi connectivity index (χ4v) is 2.09. The largest absolute Gasteiger partial charge is 0.363 e. The molecule has 0 fully saturated rings. The number of hydrogen-bond donors (Lipinski definition) is 0. The Bertz CT molecular complexity index is 438. The van der Waals surface area contributed by atoms with E-state index in [4.69, 9.17) is 23.8 Å². The minimum Gasteiger partial charge on any atom is -0.363 e. The molecule has 0 spiro atoms. The summed E-state index contributed by atoms with van der Waals surface area (Å²) in [5, 5.41) is 10.8. The predicted octanol–water partition coefficient (Wildman–Crippen LogP) is 3.19. The van der Waals surface area contributed by atoms with Crippen molar-refractivity contribution in [1.82, 2.24) is 4.90 Å². The second-order valence-electron chi connectivity index (χ2n) is 3.13. The number of non-ortho nitro benzene ring substituents is 1. The van der Waals surface area contributed by atoms with E-state index in [2.05, 4.69) is 0 Å². The third kappa shape index (κ3) is 3.33. The average molecular weight is 277 g/mol. The Labute approximate surface area is 108 Å². The second kappa shape index (κ2) is 5.47. The minimum atomic E-state index is -0.482. The van der Waals surface area contributed by atoms with E-state index >= 15 is 0 Å². The molecular formula is C9H9ClN2O2S2. The van der Waals surface area contributed by atoms with E-state index in [-0.39, 0.29) is 5.69 Å². The fourth-order valence-electron chi connectivity index (χ4n) is 0.871. The van der Waals surface area contributed by atoms with E-state index in [9.17, 15) is 10.1 Å². The van der Waals surface area contributed by atoms with E-state index in [1.165, 1.54) is 23.9 Å². The Balaban J connectivity index is 2.91. The van der Waals surface area contributed by atoms with E-state index in [0.717, 1.165) is 0 Å². The minimum absolute atomic E-state index is 0.0230. The van der Waals surface area contributed by atoms with Crippen LogP contribution < -0.4 is 0 Å². The van der Waals surface area contributed by atoms with Gasteiger partial charge in [-0.2, -0.15) is 0 Å². The summed E-state index contributed by atoms with van der Waals surface area (Å²) < 4.78 is 0.649. The summed E-state index contributed by atoms with van der Waals surface area (Å²) in [5.41, 5.74) is -0.0230. The van der Waals surface area contributed by atoms with Crippen LogP contribution in [0.15, 0.2) is 23.1 Å². The monoisotopic (exact) mass is 276 g/mol. The van der Waals surface area contributed by atoms with Gasteiger partial charge in [0, 0.05) is 31.1 Å². The Morgan fingerprint density at radius 3 is 2.62 bits per heavy atom. The lowest BCUT2D eigenvalue weighted by Gasteiger charge is -2.13. The maximum atomic E-state index is 10.5. The van der Waals surface area contributed by atoms with Crippen LogP contribution in [0.1, 0.15) is 0 Å². The smallest absolute Gasteiger partial charge is 0.270 e. The lowest BCUT2D eigenvalue weighted by Crippen LogP contribution is -2.15. The van der Waals surface area contributed by atoms with Gasteiger partial charge in [-0.25, -0.2) is 0 Å². The molecule has 0 saturated heterocycles. The first-order valence-electron chi connectivity index (χ1n) is 4.25. The van der Waals surface area contributed by atoms with Crippen molar-refractivity contribution in [2.24, 2.45) is 0 Å².